The number of aromatic hydroxyl groups is 1. The van der Waals surface area contributed by atoms with Gasteiger partial charge in [-0.15, -0.1) is 0 Å². The summed E-state index contributed by atoms with van der Waals surface area (Å²) in [5.41, 5.74) is 1.16. The molecule has 7 aliphatic rings. The van der Waals surface area contributed by atoms with E-state index in [2.05, 4.69) is 0 Å². The summed E-state index contributed by atoms with van der Waals surface area (Å²) < 4.78 is 143. The maximum Gasteiger partial charge on any atom is 0.419 e. The number of phenolic OH excluding ortho intramolecular Hbond substituents is 1. The molecule has 7 aliphatic heterocycles. The van der Waals surface area contributed by atoms with E-state index in [1.54, 1.807) is 40.1 Å². The Kier molecular flexibility index (Phi) is 26.5. The van der Waals surface area contributed by atoms with Gasteiger partial charge >= 0.3 is 45.0 Å². The highest BCUT2D eigenvalue weighted by molar-refractivity contribution is 7.54. The lowest BCUT2D eigenvalue weighted by molar-refractivity contribution is -0.387. The zero-order chi connectivity index (χ0) is 76.3. The van der Waals surface area contributed by atoms with Gasteiger partial charge in [0.05, 0.1) is 33.7 Å². The highest BCUT2D eigenvalue weighted by atomic mass is 31.2. The second kappa shape index (κ2) is 34.6. The third-order valence-electron chi connectivity index (χ3n) is 17.3. The van der Waals surface area contributed by atoms with Gasteiger partial charge < -0.3 is 45.0 Å². The predicted octanol–water partition coefficient (Wildman–Crippen LogP) is 11.7. The molecule has 105 heavy (non-hydrogen) atoms. The van der Waals surface area contributed by atoms with Gasteiger partial charge in [-0.3, -0.25) is 52.8 Å². The topological polar surface area (TPSA) is 339 Å². The maximum absolute atomic E-state index is 14.1. The number of benzene rings is 6. The van der Waals surface area contributed by atoms with Crippen LogP contribution in [0.2, 0.25) is 0 Å². The van der Waals surface area contributed by atoms with E-state index in [0.717, 1.165) is 41.0 Å². The Morgan fingerprint density at radius 3 is 1.16 bits per heavy atom. The van der Waals surface area contributed by atoms with Crippen LogP contribution in [0.3, 0.4) is 0 Å². The van der Waals surface area contributed by atoms with Crippen molar-refractivity contribution in [3.05, 3.63) is 204 Å². The predicted molar refractivity (Wildman–Crippen MR) is 365 cm³/mol. The first kappa shape index (κ1) is 80.3. The van der Waals surface area contributed by atoms with Crippen molar-refractivity contribution in [3.63, 3.8) is 0 Å². The normalized spacial score (nSPS) is 18.0. The molecule has 13 rings (SSSR count). The van der Waals surface area contributed by atoms with E-state index in [0.29, 0.717) is 153 Å². The number of aryl methyl sites for hydroxylation is 2. The Morgan fingerprint density at radius 1 is 0.476 bits per heavy atom. The van der Waals surface area contributed by atoms with Gasteiger partial charge in [-0.1, -0.05) is 47.5 Å². The number of nitro benzene ring substituents is 2. The molecule has 6 aromatic carbocycles. The number of aromatic carboxylic acids is 1. The molecule has 0 spiro atoms. The fraction of sp³-hybridized carbons (Fsp3) is 0.420. The van der Waals surface area contributed by atoms with E-state index < -0.39 is 95.9 Å². The minimum Gasteiger partial charge on any atom is -0.508 e. The number of hydrogen-bond acceptors (Lipinski definition) is 17. The van der Waals surface area contributed by atoms with Crippen molar-refractivity contribution in [3.8, 4) is 17.2 Å². The lowest BCUT2D eigenvalue weighted by Crippen LogP contribution is -2.40. The van der Waals surface area contributed by atoms with E-state index in [1.165, 1.54) is 55.1 Å². The highest BCUT2D eigenvalue weighted by Crippen LogP contribution is 2.66. The molecule has 7 saturated heterocycles. The Morgan fingerprint density at radius 2 is 0.819 bits per heavy atom. The van der Waals surface area contributed by atoms with E-state index in [1.807, 2.05) is 49.1 Å². The average molecular weight is 1520 g/mol. The second-order valence-electron chi connectivity index (χ2n) is 25.6. The number of carbonyl (C=O) groups is 4. The third-order valence-corrected chi connectivity index (χ3v) is 22.8. The van der Waals surface area contributed by atoms with Crippen molar-refractivity contribution >= 4 is 50.4 Å². The molecule has 27 nitrogen and oxygen atoms in total. The van der Waals surface area contributed by atoms with Crippen LogP contribution in [0.25, 0.3) is 0 Å². The quantitative estimate of drug-likeness (QED) is 0.0175. The molecule has 5 N–H and O–H groups in total. The Hall–Kier alpha value is -8.79. The molecule has 2 atom stereocenters. The summed E-state index contributed by atoms with van der Waals surface area (Å²) in [6.07, 6.45) is -12.7. The molecule has 0 bridgehead atoms. The minimum atomic E-state index is -4.97. The fourth-order valence-corrected chi connectivity index (χ4v) is 15.9. The number of ether oxygens (including phenoxy) is 1. The standard InChI is InChI=1S/C24H26F3N4O7P.C13H17NO2.C12H12F4N3O4P.C12H15NO3.C8H8O2/c25-24(26,27)22(38-39(36,29-10-11-29)30-12-13-30)16-4-5-20(31(34)35)21(15-16)37-19-3-1-2-17(14-19)23(33)28-8-6-18(32)7-9-28;1-10-3-2-4-11(9-10)13(16)14-7-5-12(15)6-8-14;13-9-7-8(1-2-10(9)19(20)21)11(12(14,15)16)23-24(22,17-3-4-17)18-5-6-18;14-10-4-6-13(7-5-10)12(16)9-2-1-3-11(15)8-9;1-6-3-2-4-7(5-6)8(9)10/h1-5,14-15,18,22,32H,6-13H2;2-4,9,12,15H,5-8H2,1H3;1-2,7,11H,3-6H2;1-3,8,10,14-15H,4-7H2;2-5H,1H3,(H,9,10). The number of aliphatic hydroxyl groups excluding tert-OH is 3. The van der Waals surface area contributed by atoms with Gasteiger partial charge in [-0.2, -0.15) is 30.7 Å². The lowest BCUT2D eigenvalue weighted by Gasteiger charge is -2.29. The molecule has 6 aromatic rings. The first-order valence-corrected chi connectivity index (χ1v) is 36.5. The summed E-state index contributed by atoms with van der Waals surface area (Å²) in [5.74, 6) is -3.01. The second-order valence-corrected chi connectivity index (χ2v) is 30.2. The molecule has 36 heteroatoms. The van der Waals surface area contributed by atoms with E-state index in [-0.39, 0.29) is 47.0 Å². The first-order chi connectivity index (χ1) is 49.6. The van der Waals surface area contributed by atoms with Crippen LogP contribution < -0.4 is 4.74 Å². The van der Waals surface area contributed by atoms with Crippen molar-refractivity contribution in [1.29, 1.82) is 0 Å². The number of amides is 3. The molecule has 566 valence electrons. The Bertz CT molecular complexity index is 4090. The average Bonchev–Trinajstić information content (AvgIpc) is 1.60. The maximum atomic E-state index is 14.1. The molecule has 0 aliphatic carbocycles. The summed E-state index contributed by atoms with van der Waals surface area (Å²) in [4.78, 5) is 72.8. The Labute approximate surface area is 597 Å². The molecular weight excluding hydrogens is 1440 g/mol. The number of likely N-dealkylation sites (tertiary alicyclic amines) is 3. The lowest BCUT2D eigenvalue weighted by atomic mass is 10.1. The van der Waals surface area contributed by atoms with Crippen LogP contribution in [0.5, 0.6) is 17.2 Å². The SMILES string of the molecule is Cc1cccc(C(=O)N2CCC(O)CC2)c1.Cc1cccc(C(=O)O)c1.O=C(c1cccc(O)c1)N1CCC(O)CC1.O=C(c1cccc(Oc2cc(C(OP(=O)(N3CC3)N3CC3)C(F)(F)F)ccc2[N+](=O)[O-])c1)N1CCC(O)CC1.O=[N+]([O-])c1ccc(C(OP(=O)(N2CC2)N2CC2)C(F)(F)F)cc1F. The van der Waals surface area contributed by atoms with Crippen LogP contribution in [0.4, 0.5) is 42.1 Å². The third kappa shape index (κ3) is 22.2. The molecule has 0 saturated carbocycles. The molecular formula is C69H78F7N9O18P2. The summed E-state index contributed by atoms with van der Waals surface area (Å²) >= 11 is 0. The van der Waals surface area contributed by atoms with Gasteiger partial charge in [0.2, 0.25) is 11.6 Å². The van der Waals surface area contributed by atoms with Gasteiger partial charge in [-0.05, 0) is 148 Å². The van der Waals surface area contributed by atoms with Crippen LogP contribution in [-0.2, 0) is 18.2 Å². The van der Waals surface area contributed by atoms with E-state index in [4.69, 9.17) is 18.9 Å². The number of nitro groups is 2. The smallest absolute Gasteiger partial charge is 0.419 e. The zero-order valence-electron chi connectivity index (χ0n) is 56.8. The van der Waals surface area contributed by atoms with E-state index >= 15 is 0 Å². The van der Waals surface area contributed by atoms with Crippen LogP contribution in [0.1, 0.15) is 114 Å². The largest absolute Gasteiger partial charge is 0.508 e. The molecule has 0 radical (unpaired) electrons. The number of halogens is 7. The number of piperidine rings is 3. The summed E-state index contributed by atoms with van der Waals surface area (Å²) in [7, 11) is -7.71. The van der Waals surface area contributed by atoms with E-state index in [9.17, 15) is 99.7 Å². The van der Waals surface area contributed by atoms with Crippen molar-refractivity contribution in [1.82, 2.24) is 33.4 Å². The number of carboxylic acid groups (broad SMARTS) is 1. The molecule has 7 heterocycles. The molecule has 0 aromatic heterocycles. The molecule has 7 fully saturated rings. The van der Waals surface area contributed by atoms with Crippen LogP contribution in [-0.4, -0.2) is 215 Å². The molecule has 2 unspecified atom stereocenters. The monoisotopic (exact) mass is 1520 g/mol. The minimum absolute atomic E-state index is 0.00137. The fourth-order valence-electron chi connectivity index (χ4n) is 11.2. The number of rotatable bonds is 18. The summed E-state index contributed by atoms with van der Waals surface area (Å²) in [5, 5.41) is 68.4. The first-order valence-electron chi connectivity index (χ1n) is 33.4. The van der Waals surface area contributed by atoms with Crippen LogP contribution in [0, 0.1) is 39.9 Å². The van der Waals surface area contributed by atoms with Crippen LogP contribution >= 0.6 is 15.3 Å². The van der Waals surface area contributed by atoms with Crippen LogP contribution in [0.15, 0.2) is 133 Å². The number of alkyl halides is 6. The van der Waals surface area contributed by atoms with Crippen molar-refractivity contribution in [2.45, 2.75) is 95.2 Å². The number of carbonyl (C=O) groups excluding carboxylic acids is 3. The van der Waals surface area contributed by atoms with Gasteiger partial charge in [0.15, 0.2) is 12.2 Å². The van der Waals surface area contributed by atoms with Gasteiger partial charge in [0.1, 0.15) is 11.5 Å². The number of carboxylic acids is 1. The number of aliphatic hydroxyl groups is 3. The summed E-state index contributed by atoms with van der Waals surface area (Å²) in [6.45, 7) is 9.85. The van der Waals surface area contributed by atoms with Crippen molar-refractivity contribution < 1.29 is 108 Å². The number of phenols is 1. The van der Waals surface area contributed by atoms with Gasteiger partial charge in [0, 0.05) is 120 Å². The Balaban J connectivity index is 0.000000165. The van der Waals surface area contributed by atoms with Gasteiger partial charge in [-0.25, -0.2) is 23.5 Å². The summed E-state index contributed by atoms with van der Waals surface area (Å²) in [6, 6.07) is 31.0. The van der Waals surface area contributed by atoms with Gasteiger partial charge in [0.25, 0.3) is 17.7 Å². The van der Waals surface area contributed by atoms with Crippen molar-refractivity contribution in [2.75, 3.05) is 91.6 Å². The highest BCUT2D eigenvalue weighted by Gasteiger charge is 2.57. The zero-order valence-corrected chi connectivity index (χ0v) is 58.6. The van der Waals surface area contributed by atoms with Crippen molar-refractivity contribution in [2.24, 2.45) is 0 Å². The number of hydrogen-bond donors (Lipinski definition) is 5. The molecule has 3 amide bonds. The number of nitrogens with zero attached hydrogens (tertiary/aromatic N) is 9.